The van der Waals surface area contributed by atoms with Crippen molar-refractivity contribution in [3.05, 3.63) is 30.0 Å². The van der Waals surface area contributed by atoms with Gasteiger partial charge in [0.05, 0.1) is 12.6 Å². The zero-order chi connectivity index (χ0) is 15.0. The first-order valence-corrected chi connectivity index (χ1v) is 6.78. The molecule has 19 heavy (non-hydrogen) atoms. The van der Waals surface area contributed by atoms with E-state index in [1.54, 1.807) is 14.0 Å². The number of aryl methyl sites for hydroxylation is 1. The Morgan fingerprint density at radius 1 is 1.16 bits per heavy atom. The number of carbonyl (C=O) groups is 1. The van der Waals surface area contributed by atoms with E-state index >= 15 is 0 Å². The molecule has 1 heterocycles. The molecule has 106 valence electrons. The van der Waals surface area contributed by atoms with Crippen LogP contribution in [0.5, 0.6) is 5.75 Å². The molecule has 2 rings (SSSR count). The van der Waals surface area contributed by atoms with Gasteiger partial charge in [-0.25, -0.2) is 0 Å². The van der Waals surface area contributed by atoms with Gasteiger partial charge in [-0.2, -0.15) is 0 Å². The maximum atomic E-state index is 11.4. The molecule has 1 aromatic heterocycles. The monoisotopic (exact) mass is 263 g/mol. The zero-order valence-corrected chi connectivity index (χ0v) is 13.1. The van der Waals surface area contributed by atoms with Gasteiger partial charge in [0.2, 0.25) is 0 Å². The number of benzene rings is 1. The van der Waals surface area contributed by atoms with Crippen molar-refractivity contribution in [1.29, 1.82) is 0 Å². The second-order valence-corrected chi connectivity index (χ2v) is 3.57. The summed E-state index contributed by atoms with van der Waals surface area (Å²) < 4.78 is 7.19. The maximum absolute atomic E-state index is 11.4. The molecule has 3 heteroatoms. The minimum atomic E-state index is 0.0776. The van der Waals surface area contributed by atoms with Crippen LogP contribution in [0.25, 0.3) is 10.9 Å². The third-order valence-electron chi connectivity index (χ3n) is 2.56. The first-order valence-electron chi connectivity index (χ1n) is 6.78. The van der Waals surface area contributed by atoms with Crippen molar-refractivity contribution in [3.8, 4) is 5.75 Å². The number of hydrogen-bond acceptors (Lipinski definition) is 2. The number of rotatable bonds is 2. The topological polar surface area (TPSA) is 31.2 Å². The molecular weight excluding hydrogens is 238 g/mol. The van der Waals surface area contributed by atoms with Gasteiger partial charge < -0.3 is 9.30 Å². The summed E-state index contributed by atoms with van der Waals surface area (Å²) in [6.07, 6.45) is 1.84. The quantitative estimate of drug-likeness (QED) is 0.750. The highest BCUT2D eigenvalue weighted by atomic mass is 16.5. The third kappa shape index (κ3) is 3.60. The van der Waals surface area contributed by atoms with Gasteiger partial charge in [0.15, 0.2) is 5.78 Å². The summed E-state index contributed by atoms with van der Waals surface area (Å²) in [6, 6.07) is 5.73. The molecule has 0 unspecified atom stereocenters. The van der Waals surface area contributed by atoms with Crippen molar-refractivity contribution in [2.45, 2.75) is 34.6 Å². The Kier molecular flexibility index (Phi) is 7.57. The lowest BCUT2D eigenvalue weighted by Gasteiger charge is -2.03. The largest absolute Gasteiger partial charge is 0.495 e. The molecule has 2 aromatic rings. The predicted octanol–water partition coefficient (Wildman–Crippen LogP) is 4.44. The summed E-state index contributed by atoms with van der Waals surface area (Å²) in [5, 5.41) is 0.948. The summed E-state index contributed by atoms with van der Waals surface area (Å²) in [6.45, 7) is 9.58. The standard InChI is InChI=1S/C12H13NO2.2C2H6/c1-8(14)10-7-13(2)12-9(10)5-4-6-11(12)15-3;2*1-2/h4-7H,1-3H3;2*1-2H3. The van der Waals surface area contributed by atoms with Crippen LogP contribution < -0.4 is 4.74 Å². The molecule has 0 bridgehead atoms. The third-order valence-corrected chi connectivity index (χ3v) is 2.56. The highest BCUT2D eigenvalue weighted by Crippen LogP contribution is 2.29. The van der Waals surface area contributed by atoms with Crippen LogP contribution in [-0.2, 0) is 7.05 Å². The van der Waals surface area contributed by atoms with Gasteiger partial charge in [-0.1, -0.05) is 39.8 Å². The Bertz CT molecular complexity index is 527. The molecule has 0 fully saturated rings. The Labute approximate surface area is 116 Å². The van der Waals surface area contributed by atoms with Crippen LogP contribution in [0.15, 0.2) is 24.4 Å². The van der Waals surface area contributed by atoms with E-state index in [0.29, 0.717) is 0 Å². The summed E-state index contributed by atoms with van der Waals surface area (Å²) in [4.78, 5) is 11.4. The van der Waals surface area contributed by atoms with Gasteiger partial charge >= 0.3 is 0 Å². The summed E-state index contributed by atoms with van der Waals surface area (Å²) >= 11 is 0. The summed E-state index contributed by atoms with van der Waals surface area (Å²) in [5.74, 6) is 0.872. The first-order chi connectivity index (χ1) is 9.15. The van der Waals surface area contributed by atoms with E-state index in [1.165, 1.54) is 0 Å². The number of para-hydroxylation sites is 1. The van der Waals surface area contributed by atoms with E-state index in [4.69, 9.17) is 4.74 Å². The Hall–Kier alpha value is -1.77. The van der Waals surface area contributed by atoms with Crippen LogP contribution in [0.3, 0.4) is 0 Å². The molecule has 0 amide bonds. The molecule has 3 nitrogen and oxygen atoms in total. The summed E-state index contributed by atoms with van der Waals surface area (Å²) in [5.41, 5.74) is 1.71. The molecule has 0 aliphatic rings. The van der Waals surface area contributed by atoms with Crippen molar-refractivity contribution in [3.63, 3.8) is 0 Å². The molecule has 0 radical (unpaired) electrons. The maximum Gasteiger partial charge on any atom is 0.161 e. The molecule has 0 aliphatic heterocycles. The number of hydrogen-bond donors (Lipinski definition) is 0. The SMILES string of the molecule is CC.CC.COc1cccc2c(C(C)=O)cn(C)c12. The molecular formula is C16H25NO2. The number of nitrogens with zero attached hydrogens (tertiary/aromatic N) is 1. The van der Waals surface area contributed by atoms with E-state index in [-0.39, 0.29) is 5.78 Å². The predicted molar refractivity (Wildman–Crippen MR) is 82.2 cm³/mol. The highest BCUT2D eigenvalue weighted by Gasteiger charge is 2.12. The number of ether oxygens (including phenoxy) is 1. The zero-order valence-electron chi connectivity index (χ0n) is 13.1. The van der Waals surface area contributed by atoms with Gasteiger partial charge in [0.25, 0.3) is 0 Å². The lowest BCUT2D eigenvalue weighted by molar-refractivity contribution is 0.101. The number of methoxy groups -OCH3 is 1. The fraction of sp³-hybridized carbons (Fsp3) is 0.438. The molecule has 0 atom stereocenters. The number of fused-ring (bicyclic) bond motifs is 1. The average Bonchev–Trinajstić information content (AvgIpc) is 2.81. The molecule has 0 N–H and O–H groups in total. The lowest BCUT2D eigenvalue weighted by atomic mass is 10.1. The summed E-state index contributed by atoms with van der Waals surface area (Å²) in [7, 11) is 3.55. The van der Waals surface area contributed by atoms with Gasteiger partial charge in [-0.3, -0.25) is 4.79 Å². The van der Waals surface area contributed by atoms with Crippen LogP contribution in [0.1, 0.15) is 45.0 Å². The molecule has 0 spiro atoms. The van der Waals surface area contributed by atoms with Crippen LogP contribution >= 0.6 is 0 Å². The van der Waals surface area contributed by atoms with Crippen molar-refractivity contribution < 1.29 is 9.53 Å². The fourth-order valence-electron chi connectivity index (χ4n) is 1.88. The van der Waals surface area contributed by atoms with E-state index in [1.807, 2.05) is 63.7 Å². The van der Waals surface area contributed by atoms with Gasteiger partial charge in [0.1, 0.15) is 5.75 Å². The van der Waals surface area contributed by atoms with Crippen molar-refractivity contribution in [2.24, 2.45) is 7.05 Å². The normalized spacial score (nSPS) is 9.00. The van der Waals surface area contributed by atoms with Crippen molar-refractivity contribution in [1.82, 2.24) is 4.57 Å². The minimum absolute atomic E-state index is 0.0776. The minimum Gasteiger partial charge on any atom is -0.495 e. The van der Waals surface area contributed by atoms with Crippen LogP contribution in [0.2, 0.25) is 0 Å². The van der Waals surface area contributed by atoms with E-state index in [2.05, 4.69) is 0 Å². The molecule has 0 saturated heterocycles. The molecule has 0 aliphatic carbocycles. The number of aromatic nitrogens is 1. The van der Waals surface area contributed by atoms with E-state index in [9.17, 15) is 4.79 Å². The Balaban J connectivity index is 0.000000741. The van der Waals surface area contributed by atoms with Gasteiger partial charge in [-0.05, 0) is 13.0 Å². The van der Waals surface area contributed by atoms with Gasteiger partial charge in [0, 0.05) is 24.2 Å². The Morgan fingerprint density at radius 2 is 1.74 bits per heavy atom. The van der Waals surface area contributed by atoms with Crippen molar-refractivity contribution in [2.75, 3.05) is 7.11 Å². The Morgan fingerprint density at radius 3 is 2.21 bits per heavy atom. The van der Waals surface area contributed by atoms with E-state index < -0.39 is 0 Å². The second kappa shape index (κ2) is 8.35. The van der Waals surface area contributed by atoms with Crippen LogP contribution in [-0.4, -0.2) is 17.5 Å². The smallest absolute Gasteiger partial charge is 0.161 e. The molecule has 1 aromatic carbocycles. The average molecular weight is 263 g/mol. The van der Waals surface area contributed by atoms with E-state index in [0.717, 1.165) is 22.2 Å². The fourth-order valence-corrected chi connectivity index (χ4v) is 1.88. The van der Waals surface area contributed by atoms with Crippen molar-refractivity contribution >= 4 is 16.7 Å². The first kappa shape index (κ1) is 17.2. The second-order valence-electron chi connectivity index (χ2n) is 3.57. The highest BCUT2D eigenvalue weighted by molar-refractivity contribution is 6.08. The number of Topliss-reactive ketones (excluding diaryl/α,β-unsaturated/α-hetero) is 1. The van der Waals surface area contributed by atoms with Crippen LogP contribution in [0, 0.1) is 0 Å². The molecule has 0 saturated carbocycles. The lowest BCUT2D eigenvalue weighted by Crippen LogP contribution is -1.89. The van der Waals surface area contributed by atoms with Crippen LogP contribution in [0.4, 0.5) is 0 Å². The number of carbonyl (C=O) groups excluding carboxylic acids is 1. The van der Waals surface area contributed by atoms with Gasteiger partial charge in [-0.15, -0.1) is 0 Å². The number of ketones is 1.